The summed E-state index contributed by atoms with van der Waals surface area (Å²) < 4.78 is 25.0. The maximum Gasteiger partial charge on any atom is 0.231 e. The molecule has 0 saturated carbocycles. The van der Waals surface area contributed by atoms with Crippen LogP contribution in [0.5, 0.6) is 0 Å². The highest BCUT2D eigenvalue weighted by atomic mass is 32.2. The topological polar surface area (TPSA) is 109 Å². The summed E-state index contributed by atoms with van der Waals surface area (Å²) in [5, 5.41) is 11.0. The second-order valence-electron chi connectivity index (χ2n) is 7.81. The zero-order valence-corrected chi connectivity index (χ0v) is 19.2. The number of hydrogen-bond donors (Lipinski definition) is 1. The fraction of sp³-hybridized carbons (Fsp3) is 0.273. The van der Waals surface area contributed by atoms with Crippen LogP contribution in [-0.4, -0.2) is 37.0 Å². The second-order valence-corrected chi connectivity index (χ2v) is 10.9. The number of amides is 2. The maximum absolute atomic E-state index is 12.7. The summed E-state index contributed by atoms with van der Waals surface area (Å²) in [4.78, 5) is 27.1. The first-order chi connectivity index (χ1) is 15.2. The lowest BCUT2D eigenvalue weighted by Gasteiger charge is -2.18. The van der Waals surface area contributed by atoms with Gasteiger partial charge in [0.05, 0.1) is 10.8 Å². The molecule has 1 atom stereocenters. The van der Waals surface area contributed by atoms with Gasteiger partial charge < -0.3 is 10.2 Å². The van der Waals surface area contributed by atoms with Crippen molar-refractivity contribution in [2.24, 2.45) is 5.92 Å². The van der Waals surface area contributed by atoms with Crippen LogP contribution in [0.25, 0.3) is 0 Å². The Labute approximate surface area is 190 Å². The van der Waals surface area contributed by atoms with Crippen molar-refractivity contribution < 1.29 is 18.0 Å². The molecule has 1 fully saturated rings. The van der Waals surface area contributed by atoms with Crippen molar-refractivity contribution in [3.05, 3.63) is 64.7 Å². The molecule has 166 valence electrons. The molecule has 2 heterocycles. The number of aromatic nitrogens is 2. The predicted octanol–water partition coefficient (Wildman–Crippen LogP) is 3.12. The lowest BCUT2D eigenvalue weighted by Crippen LogP contribution is -2.28. The molecule has 32 heavy (non-hydrogen) atoms. The minimum Gasteiger partial charge on any atom is -0.312 e. The minimum atomic E-state index is -3.55. The third kappa shape index (κ3) is 4.86. The molecule has 0 spiro atoms. The number of benzene rings is 2. The maximum atomic E-state index is 12.7. The first-order valence-corrected chi connectivity index (χ1v) is 12.5. The van der Waals surface area contributed by atoms with Crippen LogP contribution in [-0.2, 0) is 25.2 Å². The van der Waals surface area contributed by atoms with Gasteiger partial charge in [0.15, 0.2) is 9.84 Å². The Morgan fingerprint density at radius 2 is 1.81 bits per heavy atom. The van der Waals surface area contributed by atoms with E-state index in [1.807, 2.05) is 32.0 Å². The molecule has 1 aromatic heterocycles. The molecule has 3 aromatic rings. The van der Waals surface area contributed by atoms with E-state index in [-0.39, 0.29) is 45.6 Å². The summed E-state index contributed by atoms with van der Waals surface area (Å²) in [5.74, 6) is -1.27. The first kappa shape index (κ1) is 22.1. The molecule has 4 rings (SSSR count). The fourth-order valence-electron chi connectivity index (χ4n) is 3.68. The molecular weight excluding hydrogens is 448 g/mol. The summed E-state index contributed by atoms with van der Waals surface area (Å²) in [6, 6.07) is 14.0. The molecule has 2 aromatic carbocycles. The van der Waals surface area contributed by atoms with E-state index < -0.39 is 15.8 Å². The molecule has 0 radical (unpaired) electrons. The van der Waals surface area contributed by atoms with E-state index in [2.05, 4.69) is 15.5 Å². The second kappa shape index (κ2) is 8.79. The summed E-state index contributed by atoms with van der Waals surface area (Å²) >= 11 is 1.01. The van der Waals surface area contributed by atoms with Gasteiger partial charge in [-0.2, -0.15) is 0 Å². The molecule has 1 unspecified atom stereocenters. The molecule has 2 amide bonds. The summed E-state index contributed by atoms with van der Waals surface area (Å²) in [7, 11) is -3.55. The number of nitrogens with one attached hydrogen (secondary N) is 1. The molecule has 1 aliphatic heterocycles. The number of sulfone groups is 1. The highest BCUT2D eigenvalue weighted by Gasteiger charge is 2.35. The quantitative estimate of drug-likeness (QED) is 0.593. The number of anilines is 2. The Bertz CT molecular complexity index is 1250. The highest BCUT2D eigenvalue weighted by molar-refractivity contribution is 7.90. The van der Waals surface area contributed by atoms with Crippen molar-refractivity contribution >= 4 is 43.8 Å². The Morgan fingerprint density at radius 1 is 1.12 bits per heavy atom. The van der Waals surface area contributed by atoms with Crippen molar-refractivity contribution in [2.75, 3.05) is 16.8 Å². The van der Waals surface area contributed by atoms with E-state index in [0.29, 0.717) is 0 Å². The Hall–Kier alpha value is -3.11. The molecule has 1 saturated heterocycles. The van der Waals surface area contributed by atoms with E-state index in [4.69, 9.17) is 0 Å². The Morgan fingerprint density at radius 3 is 2.50 bits per heavy atom. The van der Waals surface area contributed by atoms with Gasteiger partial charge in [-0.25, -0.2) is 8.42 Å². The van der Waals surface area contributed by atoms with Gasteiger partial charge in [0, 0.05) is 18.7 Å². The average molecular weight is 471 g/mol. The third-order valence-corrected chi connectivity index (χ3v) is 7.79. The number of carbonyl (C=O) groups is 2. The SMILES string of the molecule is Cc1cc(C)cc(N2CC(C(=O)Nc3nnc(CS(=O)(=O)c4ccccc4)s3)CC2=O)c1. The van der Waals surface area contributed by atoms with Crippen molar-refractivity contribution in [3.63, 3.8) is 0 Å². The van der Waals surface area contributed by atoms with Gasteiger partial charge in [-0.15, -0.1) is 10.2 Å². The molecular formula is C22H22N4O4S2. The molecule has 0 aliphatic carbocycles. The normalized spacial score (nSPS) is 16.4. The zero-order chi connectivity index (χ0) is 22.9. The third-order valence-electron chi connectivity index (χ3n) is 5.13. The van der Waals surface area contributed by atoms with Crippen molar-refractivity contribution in [3.8, 4) is 0 Å². The van der Waals surface area contributed by atoms with Gasteiger partial charge >= 0.3 is 0 Å². The zero-order valence-electron chi connectivity index (χ0n) is 17.6. The van der Waals surface area contributed by atoms with Crippen LogP contribution in [0.4, 0.5) is 10.8 Å². The van der Waals surface area contributed by atoms with Gasteiger partial charge in [-0.3, -0.25) is 9.59 Å². The van der Waals surface area contributed by atoms with E-state index in [0.717, 1.165) is 28.2 Å². The van der Waals surface area contributed by atoms with Gasteiger partial charge in [0.25, 0.3) is 0 Å². The van der Waals surface area contributed by atoms with Crippen molar-refractivity contribution in [2.45, 2.75) is 30.9 Å². The Balaban J connectivity index is 1.41. The van der Waals surface area contributed by atoms with E-state index in [9.17, 15) is 18.0 Å². The van der Waals surface area contributed by atoms with Crippen LogP contribution < -0.4 is 10.2 Å². The smallest absolute Gasteiger partial charge is 0.231 e. The van der Waals surface area contributed by atoms with Gasteiger partial charge in [-0.1, -0.05) is 35.6 Å². The molecule has 10 heteroatoms. The van der Waals surface area contributed by atoms with Crippen LogP contribution in [0.15, 0.2) is 53.4 Å². The molecule has 1 N–H and O–H groups in total. The number of hydrogen-bond acceptors (Lipinski definition) is 7. The molecule has 8 nitrogen and oxygen atoms in total. The monoisotopic (exact) mass is 470 g/mol. The van der Waals surface area contributed by atoms with Crippen molar-refractivity contribution in [1.82, 2.24) is 10.2 Å². The van der Waals surface area contributed by atoms with Crippen LogP contribution in [0.1, 0.15) is 22.6 Å². The van der Waals surface area contributed by atoms with Gasteiger partial charge in [0.2, 0.25) is 16.9 Å². The van der Waals surface area contributed by atoms with Gasteiger partial charge in [0.1, 0.15) is 10.8 Å². The van der Waals surface area contributed by atoms with Crippen molar-refractivity contribution in [1.29, 1.82) is 0 Å². The lowest BCUT2D eigenvalue weighted by atomic mass is 10.1. The lowest BCUT2D eigenvalue weighted by molar-refractivity contribution is -0.122. The number of carbonyl (C=O) groups excluding carboxylic acids is 2. The molecule has 0 bridgehead atoms. The average Bonchev–Trinajstić information content (AvgIpc) is 3.33. The fourth-order valence-corrected chi connectivity index (χ4v) is 6.04. The van der Waals surface area contributed by atoms with E-state index >= 15 is 0 Å². The van der Waals surface area contributed by atoms with Crippen LogP contribution in [0.2, 0.25) is 0 Å². The number of aryl methyl sites for hydroxylation is 2. The highest BCUT2D eigenvalue weighted by Crippen LogP contribution is 2.28. The standard InChI is InChI=1S/C22H22N4O4S2/c1-14-8-15(2)10-17(9-14)26-12-16(11-20(26)27)21(28)23-22-25-24-19(31-22)13-32(29,30)18-6-4-3-5-7-18/h3-10,16H,11-13H2,1-2H3,(H,23,25,28). The number of rotatable bonds is 6. The van der Waals surface area contributed by atoms with Crippen LogP contribution in [0, 0.1) is 19.8 Å². The Kier molecular flexibility index (Phi) is 6.07. The number of nitrogens with zero attached hydrogens (tertiary/aromatic N) is 3. The largest absolute Gasteiger partial charge is 0.312 e. The van der Waals surface area contributed by atoms with E-state index in [1.54, 1.807) is 23.1 Å². The minimum absolute atomic E-state index is 0.104. The summed E-state index contributed by atoms with van der Waals surface area (Å²) in [5.41, 5.74) is 2.88. The molecule has 1 aliphatic rings. The summed E-state index contributed by atoms with van der Waals surface area (Å²) in [6.45, 7) is 4.21. The van der Waals surface area contributed by atoms with Gasteiger partial charge in [-0.05, 0) is 49.2 Å². The van der Waals surface area contributed by atoms with E-state index in [1.165, 1.54) is 12.1 Å². The predicted molar refractivity (Wildman–Crippen MR) is 122 cm³/mol. The first-order valence-electron chi connectivity index (χ1n) is 10.0. The van der Waals surface area contributed by atoms with Crippen LogP contribution >= 0.6 is 11.3 Å². The summed E-state index contributed by atoms with van der Waals surface area (Å²) in [6.07, 6.45) is 0.104. The van der Waals surface area contributed by atoms with Crippen LogP contribution in [0.3, 0.4) is 0 Å².